The van der Waals surface area contributed by atoms with Crippen molar-refractivity contribution >= 4 is 12.2 Å². The average Bonchev–Trinajstić information content (AvgIpc) is 2.87. The lowest BCUT2D eigenvalue weighted by molar-refractivity contribution is -0.135. The molecule has 96 valence electrons. The highest BCUT2D eigenvalue weighted by molar-refractivity contribution is 5.85. The van der Waals surface area contributed by atoms with Crippen LogP contribution in [0.3, 0.4) is 0 Å². The second-order valence-corrected chi connectivity index (χ2v) is 4.67. The highest BCUT2D eigenvalue weighted by Gasteiger charge is 2.31. The Balaban J connectivity index is 1.98. The smallest absolute Gasteiger partial charge is 0.240 e. The largest absolute Gasteiger partial charge is 0.332 e. The number of carbonyl (C=O) groups is 2. The zero-order chi connectivity index (χ0) is 13.0. The van der Waals surface area contributed by atoms with Gasteiger partial charge in [0.15, 0.2) is 0 Å². The number of hydrogen-bond donors (Lipinski definition) is 1. The van der Waals surface area contributed by atoms with E-state index in [0.717, 1.165) is 24.7 Å². The summed E-state index contributed by atoms with van der Waals surface area (Å²) in [4.78, 5) is 24.6. The fraction of sp³-hybridized carbons (Fsp3) is 0.429. The minimum Gasteiger partial charge on any atom is -0.332 e. The lowest BCUT2D eigenvalue weighted by atomic mass is 10.1. The quantitative estimate of drug-likeness (QED) is 0.797. The highest BCUT2D eigenvalue weighted by Crippen LogP contribution is 2.17. The highest BCUT2D eigenvalue weighted by atomic mass is 16.2. The maximum absolute atomic E-state index is 12.2. The minimum atomic E-state index is -0.562. The number of aldehydes is 1. The molecule has 1 fully saturated rings. The van der Waals surface area contributed by atoms with Gasteiger partial charge >= 0.3 is 0 Å². The zero-order valence-corrected chi connectivity index (χ0v) is 10.3. The second-order valence-electron chi connectivity index (χ2n) is 4.67. The van der Waals surface area contributed by atoms with Gasteiger partial charge in [0, 0.05) is 6.54 Å². The molecule has 1 heterocycles. The summed E-state index contributed by atoms with van der Waals surface area (Å²) in [6, 6.07) is 8.85. The van der Waals surface area contributed by atoms with Crippen LogP contribution < -0.4 is 5.73 Å². The molecule has 4 nitrogen and oxygen atoms in total. The van der Waals surface area contributed by atoms with E-state index in [4.69, 9.17) is 5.73 Å². The topological polar surface area (TPSA) is 63.4 Å². The van der Waals surface area contributed by atoms with Crippen LogP contribution in [0.1, 0.15) is 18.4 Å². The molecule has 1 aliphatic rings. The average molecular weight is 246 g/mol. The van der Waals surface area contributed by atoms with E-state index in [0.29, 0.717) is 13.0 Å². The van der Waals surface area contributed by atoms with Crippen molar-refractivity contribution in [1.82, 2.24) is 4.90 Å². The molecule has 0 bridgehead atoms. The number of hydrogen-bond acceptors (Lipinski definition) is 3. The molecule has 1 amide bonds. The van der Waals surface area contributed by atoms with Gasteiger partial charge in [-0.3, -0.25) is 4.79 Å². The molecule has 4 heteroatoms. The molecule has 0 unspecified atom stereocenters. The first-order valence-corrected chi connectivity index (χ1v) is 6.27. The van der Waals surface area contributed by atoms with E-state index >= 15 is 0 Å². The Morgan fingerprint density at radius 1 is 1.44 bits per heavy atom. The zero-order valence-electron chi connectivity index (χ0n) is 10.3. The number of likely N-dealkylation sites (tertiary alicyclic amines) is 1. The molecule has 0 spiro atoms. The molecule has 2 rings (SSSR count). The van der Waals surface area contributed by atoms with Crippen molar-refractivity contribution in [2.45, 2.75) is 31.3 Å². The third-order valence-electron chi connectivity index (χ3n) is 3.36. The molecular weight excluding hydrogens is 228 g/mol. The number of nitrogens with zero attached hydrogens (tertiary/aromatic N) is 1. The van der Waals surface area contributed by atoms with Crippen molar-refractivity contribution in [1.29, 1.82) is 0 Å². The molecular formula is C14H18N2O2. The first-order chi connectivity index (χ1) is 8.72. The van der Waals surface area contributed by atoms with Gasteiger partial charge in [0.1, 0.15) is 6.29 Å². The van der Waals surface area contributed by atoms with E-state index in [1.807, 2.05) is 30.3 Å². The van der Waals surface area contributed by atoms with Crippen LogP contribution in [-0.4, -0.2) is 35.7 Å². The molecule has 2 atom stereocenters. The second kappa shape index (κ2) is 5.78. The molecule has 1 aromatic rings. The van der Waals surface area contributed by atoms with E-state index in [-0.39, 0.29) is 11.9 Å². The van der Waals surface area contributed by atoms with Crippen LogP contribution in [-0.2, 0) is 16.0 Å². The number of nitrogens with two attached hydrogens (primary N) is 1. The van der Waals surface area contributed by atoms with Crippen LogP contribution in [0.25, 0.3) is 0 Å². The van der Waals surface area contributed by atoms with Gasteiger partial charge in [-0.25, -0.2) is 0 Å². The maximum atomic E-state index is 12.2. The summed E-state index contributed by atoms with van der Waals surface area (Å²) in [6.07, 6.45) is 3.00. The predicted octanol–water partition coefficient (Wildman–Crippen LogP) is 0.746. The van der Waals surface area contributed by atoms with Gasteiger partial charge in [-0.2, -0.15) is 0 Å². The first-order valence-electron chi connectivity index (χ1n) is 6.27. The monoisotopic (exact) mass is 246 g/mol. The van der Waals surface area contributed by atoms with Crippen molar-refractivity contribution in [2.24, 2.45) is 5.73 Å². The summed E-state index contributed by atoms with van der Waals surface area (Å²) < 4.78 is 0. The van der Waals surface area contributed by atoms with Gasteiger partial charge in [-0.05, 0) is 24.8 Å². The van der Waals surface area contributed by atoms with Crippen molar-refractivity contribution in [3.63, 3.8) is 0 Å². The molecule has 0 saturated carbocycles. The van der Waals surface area contributed by atoms with Gasteiger partial charge < -0.3 is 15.4 Å². The van der Waals surface area contributed by atoms with Crippen molar-refractivity contribution in [3.05, 3.63) is 35.9 Å². The molecule has 18 heavy (non-hydrogen) atoms. The summed E-state index contributed by atoms with van der Waals surface area (Å²) in [5.74, 6) is -0.117. The van der Waals surface area contributed by atoms with Gasteiger partial charge in [-0.15, -0.1) is 0 Å². The third-order valence-corrected chi connectivity index (χ3v) is 3.36. The van der Waals surface area contributed by atoms with Gasteiger partial charge in [0.05, 0.1) is 12.1 Å². The molecule has 0 aromatic heterocycles. The van der Waals surface area contributed by atoms with E-state index in [1.54, 1.807) is 4.90 Å². The minimum absolute atomic E-state index is 0.117. The maximum Gasteiger partial charge on any atom is 0.240 e. The molecule has 2 N–H and O–H groups in total. The van der Waals surface area contributed by atoms with E-state index in [1.165, 1.54) is 0 Å². The van der Waals surface area contributed by atoms with Crippen molar-refractivity contribution in [3.8, 4) is 0 Å². The Kier molecular flexibility index (Phi) is 4.10. The van der Waals surface area contributed by atoms with Crippen molar-refractivity contribution < 1.29 is 9.59 Å². The Hall–Kier alpha value is -1.68. The first kappa shape index (κ1) is 12.8. The summed E-state index contributed by atoms with van der Waals surface area (Å²) in [7, 11) is 0. The molecule has 0 radical (unpaired) electrons. The Labute approximate surface area is 107 Å². The van der Waals surface area contributed by atoms with Crippen LogP contribution in [0, 0.1) is 0 Å². The summed E-state index contributed by atoms with van der Waals surface area (Å²) >= 11 is 0. The van der Waals surface area contributed by atoms with Gasteiger partial charge in [-0.1, -0.05) is 30.3 Å². The van der Waals surface area contributed by atoms with Crippen molar-refractivity contribution in [2.75, 3.05) is 6.54 Å². The number of carbonyl (C=O) groups excluding carboxylic acids is 2. The number of amides is 1. The van der Waals surface area contributed by atoms with Gasteiger partial charge in [0.25, 0.3) is 0 Å². The van der Waals surface area contributed by atoms with E-state index < -0.39 is 6.04 Å². The SMILES string of the molecule is N[C@H](Cc1ccccc1)C(=O)N1CCC[C@@H]1C=O. The normalized spacial score (nSPS) is 20.7. The fourth-order valence-electron chi connectivity index (χ4n) is 2.38. The Morgan fingerprint density at radius 3 is 2.83 bits per heavy atom. The molecule has 1 saturated heterocycles. The fourth-order valence-corrected chi connectivity index (χ4v) is 2.38. The van der Waals surface area contributed by atoms with Crippen LogP contribution in [0.5, 0.6) is 0 Å². The van der Waals surface area contributed by atoms with Gasteiger partial charge in [0.2, 0.25) is 5.91 Å². The number of rotatable bonds is 4. The summed E-state index contributed by atoms with van der Waals surface area (Å²) in [6.45, 7) is 0.644. The number of benzene rings is 1. The Bertz CT molecular complexity index is 419. The van der Waals surface area contributed by atoms with Crippen LogP contribution in [0.2, 0.25) is 0 Å². The summed E-state index contributed by atoms with van der Waals surface area (Å²) in [5.41, 5.74) is 6.98. The molecule has 0 aliphatic carbocycles. The lowest BCUT2D eigenvalue weighted by Gasteiger charge is -2.24. The molecule has 1 aromatic carbocycles. The standard InChI is InChI=1S/C14H18N2O2/c15-13(9-11-5-2-1-3-6-11)14(18)16-8-4-7-12(16)10-17/h1-3,5-6,10,12-13H,4,7-9,15H2/t12-,13-/m1/s1. The summed E-state index contributed by atoms with van der Waals surface area (Å²) in [5, 5.41) is 0. The van der Waals surface area contributed by atoms with Crippen LogP contribution in [0.4, 0.5) is 0 Å². The van der Waals surface area contributed by atoms with E-state index in [9.17, 15) is 9.59 Å². The van der Waals surface area contributed by atoms with Crippen LogP contribution in [0.15, 0.2) is 30.3 Å². The third kappa shape index (κ3) is 2.76. The van der Waals surface area contributed by atoms with E-state index in [2.05, 4.69) is 0 Å². The Morgan fingerprint density at radius 2 is 2.17 bits per heavy atom. The lowest BCUT2D eigenvalue weighted by Crippen LogP contribution is -2.47. The molecule has 1 aliphatic heterocycles. The van der Waals surface area contributed by atoms with Crippen LogP contribution >= 0.6 is 0 Å². The predicted molar refractivity (Wildman–Crippen MR) is 68.9 cm³/mol.